The van der Waals surface area contributed by atoms with Crippen molar-refractivity contribution in [2.45, 2.75) is 12.8 Å². The molecule has 0 atom stereocenters. The minimum absolute atomic E-state index is 0.114. The molecule has 0 aliphatic carbocycles. The summed E-state index contributed by atoms with van der Waals surface area (Å²) in [4.78, 5) is 29.4. The molecular formula is C21H17N5O3S. The van der Waals surface area contributed by atoms with Gasteiger partial charge >= 0.3 is 5.69 Å². The molecule has 30 heavy (non-hydrogen) atoms. The van der Waals surface area contributed by atoms with Crippen LogP contribution in [-0.4, -0.2) is 31.2 Å². The summed E-state index contributed by atoms with van der Waals surface area (Å²) in [5, 5.41) is 21.8. The fourth-order valence-corrected chi connectivity index (χ4v) is 4.58. The molecule has 0 bridgehead atoms. The summed E-state index contributed by atoms with van der Waals surface area (Å²) in [6.45, 7) is 0. The maximum atomic E-state index is 12.5. The highest BCUT2D eigenvalue weighted by molar-refractivity contribution is 7.22. The van der Waals surface area contributed by atoms with Gasteiger partial charge in [-0.05, 0) is 29.7 Å². The Morgan fingerprint density at radius 3 is 2.80 bits per heavy atom. The SMILES string of the molecule is O=C(CCc1[nH]c(=O)[nH]c1O)Nc1cc(-c2cc3ccccc3s2)c2[nH]ncc2c1. The Labute approximate surface area is 173 Å². The summed E-state index contributed by atoms with van der Waals surface area (Å²) >= 11 is 1.68. The summed E-state index contributed by atoms with van der Waals surface area (Å²) in [5.41, 5.74) is 2.35. The Morgan fingerprint density at radius 2 is 2.00 bits per heavy atom. The van der Waals surface area contributed by atoms with Gasteiger partial charge in [0.2, 0.25) is 11.8 Å². The number of fused-ring (bicyclic) bond motifs is 2. The number of anilines is 1. The number of benzene rings is 2. The minimum Gasteiger partial charge on any atom is -0.493 e. The van der Waals surface area contributed by atoms with E-state index in [4.69, 9.17) is 0 Å². The normalized spacial score (nSPS) is 11.3. The van der Waals surface area contributed by atoms with Gasteiger partial charge in [0.25, 0.3) is 0 Å². The summed E-state index contributed by atoms with van der Waals surface area (Å²) < 4.78 is 1.19. The van der Waals surface area contributed by atoms with Crippen molar-refractivity contribution >= 4 is 43.9 Å². The summed E-state index contributed by atoms with van der Waals surface area (Å²) in [5.74, 6) is -0.457. The molecule has 8 nitrogen and oxygen atoms in total. The van der Waals surface area contributed by atoms with E-state index in [0.717, 1.165) is 21.3 Å². The number of carbonyl (C=O) groups excluding carboxylic acids is 1. The van der Waals surface area contributed by atoms with Crippen LogP contribution >= 0.6 is 11.3 Å². The molecule has 0 unspecified atom stereocenters. The zero-order chi connectivity index (χ0) is 20.7. The number of thiophene rings is 1. The average molecular weight is 419 g/mol. The molecule has 0 aliphatic heterocycles. The van der Waals surface area contributed by atoms with Gasteiger partial charge in [-0.25, -0.2) is 4.79 Å². The molecule has 2 aromatic carbocycles. The molecule has 3 heterocycles. The van der Waals surface area contributed by atoms with E-state index in [-0.39, 0.29) is 24.6 Å². The van der Waals surface area contributed by atoms with Crippen molar-refractivity contribution < 1.29 is 9.90 Å². The van der Waals surface area contributed by atoms with Crippen LogP contribution in [0.1, 0.15) is 12.1 Å². The van der Waals surface area contributed by atoms with Gasteiger partial charge in [0.15, 0.2) is 0 Å². The van der Waals surface area contributed by atoms with E-state index < -0.39 is 5.69 Å². The molecule has 0 fully saturated rings. The van der Waals surface area contributed by atoms with E-state index >= 15 is 0 Å². The quantitative estimate of drug-likeness (QED) is 0.297. The number of hydrogen-bond acceptors (Lipinski definition) is 5. The van der Waals surface area contributed by atoms with Crippen LogP contribution in [0.2, 0.25) is 0 Å². The van der Waals surface area contributed by atoms with Crippen molar-refractivity contribution in [3.8, 4) is 16.3 Å². The highest BCUT2D eigenvalue weighted by Crippen LogP contribution is 2.38. The van der Waals surface area contributed by atoms with Crippen molar-refractivity contribution in [1.82, 2.24) is 20.2 Å². The van der Waals surface area contributed by atoms with E-state index in [0.29, 0.717) is 11.4 Å². The van der Waals surface area contributed by atoms with E-state index in [2.05, 4.69) is 43.7 Å². The molecule has 9 heteroatoms. The molecule has 5 N–H and O–H groups in total. The number of carbonyl (C=O) groups is 1. The highest BCUT2D eigenvalue weighted by atomic mass is 32.1. The van der Waals surface area contributed by atoms with Gasteiger partial charge < -0.3 is 15.4 Å². The van der Waals surface area contributed by atoms with Crippen LogP contribution in [0, 0.1) is 0 Å². The smallest absolute Gasteiger partial charge is 0.325 e. The molecule has 0 saturated heterocycles. The van der Waals surface area contributed by atoms with Crippen molar-refractivity contribution in [1.29, 1.82) is 0 Å². The molecule has 3 aromatic heterocycles. The Bertz CT molecular complexity index is 1410. The average Bonchev–Trinajstić information content (AvgIpc) is 3.43. The lowest BCUT2D eigenvalue weighted by atomic mass is 10.1. The molecular weight excluding hydrogens is 402 g/mol. The first-order valence-electron chi connectivity index (χ1n) is 9.33. The number of aryl methyl sites for hydroxylation is 1. The second-order valence-electron chi connectivity index (χ2n) is 6.96. The maximum absolute atomic E-state index is 12.5. The van der Waals surface area contributed by atoms with Crippen LogP contribution in [0.15, 0.2) is 53.5 Å². The standard InChI is InChI=1S/C21H17N5O3S/c27-18(6-5-15-20(28)25-21(29)24-15)23-13-7-12-10-22-26-19(12)14(9-13)17-8-11-3-1-2-4-16(11)30-17/h1-4,7-10,28H,5-6H2,(H,22,26)(H,23,27)(H2,24,25,29). The number of imidazole rings is 1. The van der Waals surface area contributed by atoms with Crippen molar-refractivity contribution in [2.75, 3.05) is 5.32 Å². The van der Waals surface area contributed by atoms with Gasteiger partial charge in [-0.1, -0.05) is 18.2 Å². The first-order valence-corrected chi connectivity index (χ1v) is 10.1. The Morgan fingerprint density at radius 1 is 1.13 bits per heavy atom. The van der Waals surface area contributed by atoms with Crippen LogP contribution in [0.4, 0.5) is 5.69 Å². The number of nitrogens with zero attached hydrogens (tertiary/aromatic N) is 1. The monoisotopic (exact) mass is 419 g/mol. The van der Waals surface area contributed by atoms with Gasteiger partial charge in [0, 0.05) is 39.1 Å². The first kappa shape index (κ1) is 18.2. The van der Waals surface area contributed by atoms with Crippen molar-refractivity contribution in [2.24, 2.45) is 0 Å². The molecule has 0 spiro atoms. The summed E-state index contributed by atoms with van der Waals surface area (Å²) in [6.07, 6.45) is 2.06. The van der Waals surface area contributed by atoms with Crippen molar-refractivity contribution in [3.05, 3.63) is 64.8 Å². The van der Waals surface area contributed by atoms with Crippen LogP contribution in [-0.2, 0) is 11.2 Å². The number of rotatable bonds is 5. The number of nitrogens with one attached hydrogen (secondary N) is 4. The van der Waals surface area contributed by atoms with Crippen LogP contribution in [0.3, 0.4) is 0 Å². The van der Waals surface area contributed by atoms with Crippen molar-refractivity contribution in [3.63, 3.8) is 0 Å². The molecule has 0 saturated carbocycles. The van der Waals surface area contributed by atoms with Crippen LogP contribution < -0.4 is 11.0 Å². The van der Waals surface area contributed by atoms with Crippen LogP contribution in [0.25, 0.3) is 31.4 Å². The third-order valence-electron chi connectivity index (χ3n) is 4.91. The summed E-state index contributed by atoms with van der Waals surface area (Å²) in [7, 11) is 0. The lowest BCUT2D eigenvalue weighted by molar-refractivity contribution is -0.116. The maximum Gasteiger partial charge on any atom is 0.325 e. The Balaban J connectivity index is 1.43. The van der Waals surface area contributed by atoms with E-state index in [9.17, 15) is 14.7 Å². The van der Waals surface area contributed by atoms with E-state index in [1.165, 1.54) is 10.1 Å². The number of amides is 1. The van der Waals surface area contributed by atoms with Gasteiger partial charge in [-0.3, -0.25) is 14.9 Å². The Hall–Kier alpha value is -3.85. The molecule has 5 aromatic rings. The minimum atomic E-state index is -0.499. The van der Waals surface area contributed by atoms with Gasteiger partial charge in [0.05, 0.1) is 17.4 Å². The molecule has 0 radical (unpaired) electrons. The largest absolute Gasteiger partial charge is 0.493 e. The number of aromatic hydroxyl groups is 1. The fraction of sp³-hybridized carbons (Fsp3) is 0.0952. The Kier molecular flexibility index (Phi) is 4.36. The summed E-state index contributed by atoms with van der Waals surface area (Å²) in [6, 6.07) is 14.1. The number of H-pyrrole nitrogens is 3. The lowest BCUT2D eigenvalue weighted by Gasteiger charge is -2.08. The number of hydrogen-bond donors (Lipinski definition) is 5. The third kappa shape index (κ3) is 3.35. The van der Waals surface area contributed by atoms with E-state index in [1.54, 1.807) is 17.5 Å². The molecule has 0 aliphatic rings. The predicted octanol–water partition coefficient (Wildman–Crippen LogP) is 3.74. The van der Waals surface area contributed by atoms with Crippen LogP contribution in [0.5, 0.6) is 5.88 Å². The molecule has 1 amide bonds. The fourth-order valence-electron chi connectivity index (χ4n) is 3.49. The van der Waals surface area contributed by atoms with E-state index in [1.807, 2.05) is 24.3 Å². The topological polar surface area (TPSA) is 127 Å². The molecule has 150 valence electrons. The second-order valence-corrected chi connectivity index (χ2v) is 8.04. The highest BCUT2D eigenvalue weighted by Gasteiger charge is 2.14. The first-order chi connectivity index (χ1) is 14.6. The molecule has 5 rings (SSSR count). The zero-order valence-electron chi connectivity index (χ0n) is 15.7. The third-order valence-corrected chi connectivity index (χ3v) is 6.06. The number of aromatic amines is 3. The zero-order valence-corrected chi connectivity index (χ0v) is 16.5. The second kappa shape index (κ2) is 7.20. The number of aromatic nitrogens is 4. The lowest BCUT2D eigenvalue weighted by Crippen LogP contribution is -2.13. The van der Waals surface area contributed by atoms with Gasteiger partial charge in [0.1, 0.15) is 0 Å². The van der Waals surface area contributed by atoms with Gasteiger partial charge in [-0.15, -0.1) is 11.3 Å². The predicted molar refractivity (Wildman–Crippen MR) is 117 cm³/mol. The van der Waals surface area contributed by atoms with Gasteiger partial charge in [-0.2, -0.15) is 5.10 Å².